The molecule has 0 fully saturated rings. The molecule has 1 heterocycles. The van der Waals surface area contributed by atoms with Crippen molar-refractivity contribution in [1.82, 2.24) is 9.97 Å². The second-order valence-corrected chi connectivity index (χ2v) is 4.80. The third kappa shape index (κ3) is 3.78. The Morgan fingerprint density at radius 2 is 2.05 bits per heavy atom. The Morgan fingerprint density at radius 1 is 1.20 bits per heavy atom. The highest BCUT2D eigenvalue weighted by Crippen LogP contribution is 2.19. The molecule has 0 amide bonds. The smallest absolute Gasteiger partial charge is 0.161 e. The van der Waals surface area contributed by atoms with Crippen LogP contribution < -0.4 is 5.32 Å². The van der Waals surface area contributed by atoms with Crippen LogP contribution in [0.3, 0.4) is 0 Å². The van der Waals surface area contributed by atoms with Crippen LogP contribution in [0.2, 0.25) is 0 Å². The summed E-state index contributed by atoms with van der Waals surface area (Å²) in [7, 11) is 1.67. The van der Waals surface area contributed by atoms with E-state index >= 15 is 0 Å². The molecule has 0 bridgehead atoms. The number of rotatable bonds is 6. The molecular weight excluding hydrogens is 250 g/mol. The van der Waals surface area contributed by atoms with Gasteiger partial charge in [0, 0.05) is 25.3 Å². The van der Waals surface area contributed by atoms with Gasteiger partial charge in [-0.25, -0.2) is 9.97 Å². The van der Waals surface area contributed by atoms with Gasteiger partial charge in [-0.05, 0) is 19.4 Å². The first-order valence-corrected chi connectivity index (χ1v) is 6.90. The number of ether oxygens (including phenoxy) is 1. The van der Waals surface area contributed by atoms with Gasteiger partial charge < -0.3 is 10.1 Å². The van der Waals surface area contributed by atoms with Gasteiger partial charge in [-0.1, -0.05) is 30.7 Å². The van der Waals surface area contributed by atoms with Gasteiger partial charge in [-0.15, -0.1) is 0 Å². The van der Waals surface area contributed by atoms with Gasteiger partial charge in [0.15, 0.2) is 5.82 Å². The molecule has 0 aliphatic carbocycles. The summed E-state index contributed by atoms with van der Waals surface area (Å²) < 4.78 is 5.18. The van der Waals surface area contributed by atoms with E-state index in [0.717, 1.165) is 35.9 Å². The van der Waals surface area contributed by atoms with Crippen LogP contribution >= 0.6 is 0 Å². The van der Waals surface area contributed by atoms with Gasteiger partial charge in [0.05, 0.1) is 12.3 Å². The van der Waals surface area contributed by atoms with Crippen molar-refractivity contribution in [1.29, 1.82) is 0 Å². The second-order valence-electron chi connectivity index (χ2n) is 4.80. The lowest BCUT2D eigenvalue weighted by Crippen LogP contribution is -2.06. The van der Waals surface area contributed by atoms with Crippen molar-refractivity contribution in [2.24, 2.45) is 0 Å². The van der Waals surface area contributed by atoms with Crippen molar-refractivity contribution in [3.63, 3.8) is 0 Å². The summed E-state index contributed by atoms with van der Waals surface area (Å²) in [4.78, 5) is 9.15. The zero-order valence-electron chi connectivity index (χ0n) is 12.3. The Labute approximate surface area is 120 Å². The molecule has 0 spiro atoms. The number of nitrogens with zero attached hydrogens (tertiary/aromatic N) is 2. The summed E-state index contributed by atoms with van der Waals surface area (Å²) >= 11 is 0. The largest absolute Gasteiger partial charge is 0.378 e. The van der Waals surface area contributed by atoms with E-state index in [-0.39, 0.29) is 0 Å². The summed E-state index contributed by atoms with van der Waals surface area (Å²) in [6.07, 6.45) is 1.06. The Hall–Kier alpha value is -1.94. The number of methoxy groups -OCH3 is 1. The van der Waals surface area contributed by atoms with Gasteiger partial charge >= 0.3 is 0 Å². The number of aromatic nitrogens is 2. The number of anilines is 1. The quantitative estimate of drug-likeness (QED) is 0.874. The third-order valence-electron chi connectivity index (χ3n) is 2.90. The lowest BCUT2D eigenvalue weighted by Gasteiger charge is -2.09. The van der Waals surface area contributed by atoms with Crippen LogP contribution in [-0.4, -0.2) is 23.6 Å². The van der Waals surface area contributed by atoms with E-state index in [1.54, 1.807) is 7.11 Å². The molecule has 2 aromatic rings. The Morgan fingerprint density at radius 3 is 2.75 bits per heavy atom. The molecule has 0 saturated carbocycles. The first-order valence-electron chi connectivity index (χ1n) is 6.90. The van der Waals surface area contributed by atoms with Crippen LogP contribution in [0.25, 0.3) is 11.4 Å². The van der Waals surface area contributed by atoms with Crippen LogP contribution in [0.15, 0.2) is 30.3 Å². The highest BCUT2D eigenvalue weighted by molar-refractivity contribution is 5.58. The molecule has 4 nitrogen and oxygen atoms in total. The number of aryl methyl sites for hydroxylation is 1. The molecule has 0 unspecified atom stereocenters. The van der Waals surface area contributed by atoms with Gasteiger partial charge in [-0.2, -0.15) is 0 Å². The van der Waals surface area contributed by atoms with Crippen molar-refractivity contribution in [2.75, 3.05) is 19.0 Å². The molecule has 20 heavy (non-hydrogen) atoms. The summed E-state index contributed by atoms with van der Waals surface area (Å²) in [5.41, 5.74) is 3.12. The Kier molecular flexibility index (Phi) is 5.07. The molecule has 4 heteroatoms. The molecule has 0 aliphatic rings. The molecule has 1 N–H and O–H groups in total. The van der Waals surface area contributed by atoms with Gasteiger partial charge in [0.1, 0.15) is 5.82 Å². The highest BCUT2D eigenvalue weighted by Gasteiger charge is 2.07. The van der Waals surface area contributed by atoms with Crippen molar-refractivity contribution in [3.05, 3.63) is 41.6 Å². The molecule has 1 aromatic heterocycles. The average Bonchev–Trinajstić information content (AvgIpc) is 2.45. The monoisotopic (exact) mass is 271 g/mol. The highest BCUT2D eigenvalue weighted by atomic mass is 16.5. The fourth-order valence-corrected chi connectivity index (χ4v) is 1.98. The van der Waals surface area contributed by atoms with Crippen molar-refractivity contribution in [2.45, 2.75) is 26.9 Å². The van der Waals surface area contributed by atoms with Crippen molar-refractivity contribution >= 4 is 5.82 Å². The Bertz CT molecular complexity index is 569. The average molecular weight is 271 g/mol. The van der Waals surface area contributed by atoms with Crippen LogP contribution in [0.5, 0.6) is 0 Å². The SMILES string of the molecule is CCCNc1cc(COC)nc(-c2cccc(C)c2)n1. The van der Waals surface area contributed by atoms with Gasteiger partial charge in [0.2, 0.25) is 0 Å². The minimum absolute atomic E-state index is 0.488. The predicted molar refractivity (Wildman–Crippen MR) is 81.7 cm³/mol. The fraction of sp³-hybridized carbons (Fsp3) is 0.375. The zero-order chi connectivity index (χ0) is 14.4. The molecular formula is C16H21N3O. The van der Waals surface area contributed by atoms with Crippen molar-refractivity contribution < 1.29 is 4.74 Å². The van der Waals surface area contributed by atoms with E-state index < -0.39 is 0 Å². The third-order valence-corrected chi connectivity index (χ3v) is 2.90. The minimum atomic E-state index is 0.488. The standard InChI is InChI=1S/C16H21N3O/c1-4-8-17-15-10-14(11-20-3)18-16(19-15)13-7-5-6-12(2)9-13/h5-7,9-10H,4,8,11H2,1-3H3,(H,17,18,19). The van der Waals surface area contributed by atoms with Crippen LogP contribution in [0.1, 0.15) is 24.6 Å². The number of nitrogens with one attached hydrogen (secondary N) is 1. The molecule has 106 valence electrons. The van der Waals surface area contributed by atoms with E-state index in [0.29, 0.717) is 6.61 Å². The van der Waals surface area contributed by atoms with Gasteiger partial charge in [0.25, 0.3) is 0 Å². The normalized spacial score (nSPS) is 10.6. The lowest BCUT2D eigenvalue weighted by atomic mass is 10.1. The van der Waals surface area contributed by atoms with Crippen LogP contribution in [0.4, 0.5) is 5.82 Å². The van der Waals surface area contributed by atoms with E-state index in [1.807, 2.05) is 18.2 Å². The maximum absolute atomic E-state index is 5.18. The number of hydrogen-bond acceptors (Lipinski definition) is 4. The summed E-state index contributed by atoms with van der Waals surface area (Å²) in [5.74, 6) is 1.59. The number of hydrogen-bond donors (Lipinski definition) is 1. The topological polar surface area (TPSA) is 47.0 Å². The summed E-state index contributed by atoms with van der Waals surface area (Å²) in [5, 5.41) is 3.31. The maximum atomic E-state index is 5.18. The zero-order valence-corrected chi connectivity index (χ0v) is 12.3. The second kappa shape index (κ2) is 7.01. The Balaban J connectivity index is 2.37. The summed E-state index contributed by atoms with van der Waals surface area (Å²) in [6.45, 7) is 5.59. The molecule has 0 atom stereocenters. The fourth-order valence-electron chi connectivity index (χ4n) is 1.98. The molecule has 2 rings (SSSR count). The predicted octanol–water partition coefficient (Wildman–Crippen LogP) is 3.42. The van der Waals surface area contributed by atoms with Crippen LogP contribution in [0, 0.1) is 6.92 Å². The number of benzene rings is 1. The van der Waals surface area contributed by atoms with E-state index in [4.69, 9.17) is 4.74 Å². The van der Waals surface area contributed by atoms with E-state index in [2.05, 4.69) is 41.3 Å². The molecule has 0 radical (unpaired) electrons. The van der Waals surface area contributed by atoms with E-state index in [9.17, 15) is 0 Å². The first-order chi connectivity index (χ1) is 9.72. The van der Waals surface area contributed by atoms with Crippen molar-refractivity contribution in [3.8, 4) is 11.4 Å². The molecule has 0 saturated heterocycles. The lowest BCUT2D eigenvalue weighted by molar-refractivity contribution is 0.181. The maximum Gasteiger partial charge on any atom is 0.161 e. The minimum Gasteiger partial charge on any atom is -0.378 e. The van der Waals surface area contributed by atoms with Gasteiger partial charge in [-0.3, -0.25) is 0 Å². The van der Waals surface area contributed by atoms with E-state index in [1.165, 1.54) is 5.56 Å². The molecule has 0 aliphatic heterocycles. The first kappa shape index (κ1) is 14.5. The summed E-state index contributed by atoms with van der Waals surface area (Å²) in [6, 6.07) is 10.2. The van der Waals surface area contributed by atoms with Crippen LogP contribution in [-0.2, 0) is 11.3 Å². The molecule has 1 aromatic carbocycles.